The van der Waals surface area contributed by atoms with E-state index in [0.717, 1.165) is 23.2 Å². The minimum atomic E-state index is 0.403. The van der Waals surface area contributed by atoms with Crippen molar-refractivity contribution in [3.05, 3.63) is 12.2 Å². The predicted molar refractivity (Wildman–Crippen MR) is 101 cm³/mol. The number of hydrogen-bond donors (Lipinski definition) is 0. The van der Waals surface area contributed by atoms with Crippen molar-refractivity contribution in [2.75, 3.05) is 0 Å². The van der Waals surface area contributed by atoms with Gasteiger partial charge in [-0.1, -0.05) is 65.5 Å². The largest absolute Gasteiger partial charge is 0.0996 e. The molecule has 0 aromatic rings. The second-order valence-electron chi connectivity index (χ2n) is 9.46. The molecule has 132 valence electrons. The molecule has 0 radical (unpaired) electrons. The summed E-state index contributed by atoms with van der Waals surface area (Å²) in [6.07, 6.45) is 14.6. The highest BCUT2D eigenvalue weighted by Crippen LogP contribution is 2.89. The molecule has 0 nitrogen and oxygen atoms in total. The highest BCUT2D eigenvalue weighted by Gasteiger charge is 2.83. The number of unbranched alkanes of at least 4 members (excludes halogenated alkanes) is 1. The number of hydrogen-bond acceptors (Lipinski definition) is 0. The fourth-order valence-electron chi connectivity index (χ4n) is 8.13. The van der Waals surface area contributed by atoms with Gasteiger partial charge in [-0.25, -0.2) is 0 Å². The second-order valence-corrected chi connectivity index (χ2v) is 9.46. The van der Waals surface area contributed by atoms with Crippen molar-refractivity contribution in [1.82, 2.24) is 0 Å². The van der Waals surface area contributed by atoms with Crippen LogP contribution in [0.1, 0.15) is 98.8 Å². The van der Waals surface area contributed by atoms with E-state index >= 15 is 0 Å². The summed E-state index contributed by atoms with van der Waals surface area (Å²) in [5, 5.41) is 0. The van der Waals surface area contributed by atoms with Crippen molar-refractivity contribution in [1.29, 1.82) is 0 Å². The Morgan fingerprint density at radius 3 is 2.39 bits per heavy atom. The molecule has 0 aromatic carbocycles. The fourth-order valence-corrected chi connectivity index (χ4v) is 8.13. The smallest absolute Gasteiger partial charge is 0.00880 e. The van der Waals surface area contributed by atoms with Crippen molar-refractivity contribution < 1.29 is 0 Å². The van der Waals surface area contributed by atoms with E-state index in [4.69, 9.17) is 0 Å². The van der Waals surface area contributed by atoms with Crippen molar-refractivity contribution in [2.24, 2.45) is 34.0 Å². The average molecular weight is 317 g/mol. The number of rotatable bonds is 7. The third-order valence-corrected chi connectivity index (χ3v) is 8.96. The lowest BCUT2D eigenvalue weighted by Crippen LogP contribution is -2.39. The highest BCUT2D eigenvalue weighted by atomic mass is 14.9. The molecule has 0 N–H and O–H groups in total. The first-order valence-corrected chi connectivity index (χ1v) is 10.6. The van der Waals surface area contributed by atoms with Crippen molar-refractivity contribution in [3.63, 3.8) is 0 Å². The van der Waals surface area contributed by atoms with Gasteiger partial charge in [0.05, 0.1) is 0 Å². The maximum absolute atomic E-state index is 4.45. The Balaban J connectivity index is 1.97. The summed E-state index contributed by atoms with van der Waals surface area (Å²) in [7, 11) is 0. The van der Waals surface area contributed by atoms with Gasteiger partial charge in [0.2, 0.25) is 0 Å². The Bertz CT molecular complexity index is 463. The van der Waals surface area contributed by atoms with Crippen LogP contribution in [0.2, 0.25) is 0 Å². The SMILES string of the molecule is C=C(C)C1(C)CCC2C3(CCC)C(CCCC)CCC23C1CC. The van der Waals surface area contributed by atoms with Gasteiger partial charge in [0.1, 0.15) is 0 Å². The fraction of sp³-hybridized carbons (Fsp3) is 0.913. The van der Waals surface area contributed by atoms with Crippen LogP contribution in [0.5, 0.6) is 0 Å². The summed E-state index contributed by atoms with van der Waals surface area (Å²) in [6.45, 7) is 16.6. The van der Waals surface area contributed by atoms with E-state index in [1.54, 1.807) is 0 Å². The zero-order chi connectivity index (χ0) is 16.9. The van der Waals surface area contributed by atoms with Crippen LogP contribution in [0, 0.1) is 34.0 Å². The van der Waals surface area contributed by atoms with E-state index in [9.17, 15) is 0 Å². The molecule has 3 aliphatic rings. The lowest BCUT2D eigenvalue weighted by atomic mass is 9.57. The molecule has 0 aromatic heterocycles. The molecule has 3 aliphatic carbocycles. The summed E-state index contributed by atoms with van der Waals surface area (Å²) < 4.78 is 0. The number of fused-ring (bicyclic) bond motifs is 1. The molecule has 3 rings (SSSR count). The van der Waals surface area contributed by atoms with Gasteiger partial charge < -0.3 is 0 Å². The molecule has 6 atom stereocenters. The standard InChI is InChI=1S/C23H40/c1-7-10-11-18-12-16-23-19(9-3)21(6,17(4)5)15-13-20(23)22(18,23)14-8-2/h18-20H,4,7-16H2,1-3,5-6H3. The molecule has 6 unspecified atom stereocenters. The molecule has 0 heterocycles. The predicted octanol–water partition coefficient (Wildman–Crippen LogP) is 7.39. The highest BCUT2D eigenvalue weighted by molar-refractivity contribution is 5.33. The van der Waals surface area contributed by atoms with E-state index in [1.165, 1.54) is 69.8 Å². The van der Waals surface area contributed by atoms with Crippen LogP contribution in [-0.4, -0.2) is 0 Å². The van der Waals surface area contributed by atoms with Gasteiger partial charge in [-0.05, 0) is 79.4 Å². The normalized spacial score (nSPS) is 48.0. The molecule has 0 aliphatic heterocycles. The third kappa shape index (κ3) is 2.02. The molecule has 1 spiro atoms. The topological polar surface area (TPSA) is 0 Å². The number of allylic oxidation sites excluding steroid dienone is 1. The van der Waals surface area contributed by atoms with Crippen LogP contribution in [-0.2, 0) is 0 Å². The van der Waals surface area contributed by atoms with E-state index in [2.05, 4.69) is 41.2 Å². The van der Waals surface area contributed by atoms with E-state index in [1.807, 2.05) is 0 Å². The van der Waals surface area contributed by atoms with Gasteiger partial charge >= 0.3 is 0 Å². The Morgan fingerprint density at radius 2 is 1.83 bits per heavy atom. The molecule has 0 saturated heterocycles. The molecular weight excluding hydrogens is 276 g/mol. The van der Waals surface area contributed by atoms with Crippen LogP contribution in [0.25, 0.3) is 0 Å². The van der Waals surface area contributed by atoms with Gasteiger partial charge in [-0.2, -0.15) is 0 Å². The maximum Gasteiger partial charge on any atom is -0.00880 e. The zero-order valence-corrected chi connectivity index (χ0v) is 16.5. The van der Waals surface area contributed by atoms with Crippen LogP contribution in [0.15, 0.2) is 12.2 Å². The summed E-state index contributed by atoms with van der Waals surface area (Å²) in [5.41, 5.74) is 3.29. The lowest BCUT2D eigenvalue weighted by Gasteiger charge is -2.47. The molecule has 3 fully saturated rings. The Labute approximate surface area is 145 Å². The van der Waals surface area contributed by atoms with E-state index < -0.39 is 0 Å². The first kappa shape index (κ1) is 17.6. The van der Waals surface area contributed by atoms with Crippen molar-refractivity contribution in [3.8, 4) is 0 Å². The van der Waals surface area contributed by atoms with Gasteiger partial charge in [0.25, 0.3) is 0 Å². The Hall–Kier alpha value is -0.260. The van der Waals surface area contributed by atoms with E-state index in [0.29, 0.717) is 10.8 Å². The first-order valence-electron chi connectivity index (χ1n) is 10.6. The minimum Gasteiger partial charge on any atom is -0.0996 e. The summed E-state index contributed by atoms with van der Waals surface area (Å²) in [6, 6.07) is 0. The second kappa shape index (κ2) is 5.92. The van der Waals surface area contributed by atoms with Crippen LogP contribution in [0.4, 0.5) is 0 Å². The molecule has 3 saturated carbocycles. The monoisotopic (exact) mass is 316 g/mol. The lowest BCUT2D eigenvalue weighted by molar-refractivity contribution is 0.0629. The molecular formula is C23H40. The Kier molecular flexibility index (Phi) is 4.52. The minimum absolute atomic E-state index is 0.403. The maximum atomic E-state index is 4.45. The van der Waals surface area contributed by atoms with E-state index in [-0.39, 0.29) is 0 Å². The molecule has 0 heteroatoms. The van der Waals surface area contributed by atoms with Crippen LogP contribution >= 0.6 is 0 Å². The third-order valence-electron chi connectivity index (χ3n) is 8.96. The summed E-state index contributed by atoms with van der Waals surface area (Å²) >= 11 is 0. The van der Waals surface area contributed by atoms with Crippen LogP contribution in [0.3, 0.4) is 0 Å². The van der Waals surface area contributed by atoms with Crippen molar-refractivity contribution in [2.45, 2.75) is 98.8 Å². The quantitative estimate of drug-likeness (QED) is 0.429. The van der Waals surface area contributed by atoms with Gasteiger partial charge in [-0.3, -0.25) is 0 Å². The zero-order valence-electron chi connectivity index (χ0n) is 16.5. The first-order chi connectivity index (χ1) is 11.0. The Morgan fingerprint density at radius 1 is 1.09 bits per heavy atom. The van der Waals surface area contributed by atoms with Crippen molar-refractivity contribution >= 4 is 0 Å². The molecule has 0 bridgehead atoms. The molecule has 0 amide bonds. The van der Waals surface area contributed by atoms with Crippen LogP contribution < -0.4 is 0 Å². The van der Waals surface area contributed by atoms with Gasteiger partial charge in [-0.15, -0.1) is 0 Å². The van der Waals surface area contributed by atoms with Gasteiger partial charge in [0.15, 0.2) is 0 Å². The van der Waals surface area contributed by atoms with Gasteiger partial charge in [0, 0.05) is 0 Å². The summed E-state index contributed by atoms with van der Waals surface area (Å²) in [5.74, 6) is 2.99. The molecule has 23 heavy (non-hydrogen) atoms. The summed E-state index contributed by atoms with van der Waals surface area (Å²) in [4.78, 5) is 0. The average Bonchev–Trinajstić information content (AvgIpc) is 2.96.